The molecular formula is C10H9ClO4. The predicted octanol–water partition coefficient (Wildman–Crippen LogP) is 2.03. The highest BCUT2D eigenvalue weighted by molar-refractivity contribution is 6.31. The van der Waals surface area contributed by atoms with E-state index >= 15 is 0 Å². The molecule has 0 radical (unpaired) electrons. The van der Waals surface area contributed by atoms with E-state index in [0.29, 0.717) is 0 Å². The van der Waals surface area contributed by atoms with Crippen LogP contribution in [-0.2, 0) is 14.3 Å². The van der Waals surface area contributed by atoms with Gasteiger partial charge in [-0.1, -0.05) is 29.8 Å². The van der Waals surface area contributed by atoms with Crippen LogP contribution in [0.2, 0.25) is 5.02 Å². The number of hydrogen-bond donors (Lipinski definition) is 1. The smallest absolute Gasteiger partial charge is 0.349 e. The number of aliphatic carboxylic acids is 1. The Bertz CT molecular complexity index is 389. The molecule has 15 heavy (non-hydrogen) atoms. The zero-order valence-corrected chi connectivity index (χ0v) is 8.69. The molecule has 1 atom stereocenters. The third-order valence-corrected chi connectivity index (χ3v) is 2.04. The van der Waals surface area contributed by atoms with Gasteiger partial charge in [-0.2, -0.15) is 0 Å². The Balaban J connectivity index is 3.04. The molecule has 1 aromatic carbocycles. The van der Waals surface area contributed by atoms with Crippen molar-refractivity contribution in [2.75, 3.05) is 0 Å². The fraction of sp³-hybridized carbons (Fsp3) is 0.200. The van der Waals surface area contributed by atoms with Crippen molar-refractivity contribution in [3.8, 4) is 0 Å². The fourth-order valence-electron chi connectivity index (χ4n) is 1.10. The highest BCUT2D eigenvalue weighted by Gasteiger charge is 2.24. The number of hydrogen-bond acceptors (Lipinski definition) is 3. The number of halogens is 1. The van der Waals surface area contributed by atoms with Crippen LogP contribution in [0.1, 0.15) is 18.6 Å². The van der Waals surface area contributed by atoms with Crippen LogP contribution < -0.4 is 0 Å². The number of benzene rings is 1. The maximum Gasteiger partial charge on any atom is 0.349 e. The summed E-state index contributed by atoms with van der Waals surface area (Å²) in [6, 6.07) is 6.33. The van der Waals surface area contributed by atoms with Crippen LogP contribution in [0, 0.1) is 0 Å². The highest BCUT2D eigenvalue weighted by atomic mass is 35.5. The Morgan fingerprint density at radius 3 is 2.47 bits per heavy atom. The van der Waals surface area contributed by atoms with Crippen LogP contribution in [0.5, 0.6) is 0 Å². The van der Waals surface area contributed by atoms with E-state index in [2.05, 4.69) is 4.74 Å². The number of rotatable bonds is 3. The van der Waals surface area contributed by atoms with Crippen molar-refractivity contribution in [2.24, 2.45) is 0 Å². The molecule has 0 heterocycles. The number of carboxylic acids is 1. The molecule has 0 aliphatic heterocycles. The van der Waals surface area contributed by atoms with Gasteiger partial charge in [0.25, 0.3) is 0 Å². The second-order valence-electron chi connectivity index (χ2n) is 2.85. The minimum atomic E-state index is -1.35. The third-order valence-electron chi connectivity index (χ3n) is 1.70. The first kappa shape index (κ1) is 11.5. The van der Waals surface area contributed by atoms with E-state index in [1.807, 2.05) is 0 Å². The van der Waals surface area contributed by atoms with Crippen LogP contribution in [0.4, 0.5) is 0 Å². The average molecular weight is 229 g/mol. The molecule has 80 valence electrons. The van der Waals surface area contributed by atoms with Gasteiger partial charge in [0.05, 0.1) is 0 Å². The molecular weight excluding hydrogens is 220 g/mol. The van der Waals surface area contributed by atoms with Crippen molar-refractivity contribution in [1.82, 2.24) is 0 Å². The number of carboxylic acid groups (broad SMARTS) is 1. The standard InChI is InChI=1S/C10H9ClO4/c1-6(12)15-9(10(13)14)7-4-2-3-5-8(7)11/h2-5,9H,1H3,(H,13,14)/t9-/m0/s1. The van der Waals surface area contributed by atoms with Crippen LogP contribution >= 0.6 is 11.6 Å². The number of ether oxygens (including phenoxy) is 1. The molecule has 0 saturated carbocycles. The summed E-state index contributed by atoms with van der Waals surface area (Å²) < 4.78 is 4.66. The minimum Gasteiger partial charge on any atom is -0.478 e. The van der Waals surface area contributed by atoms with Gasteiger partial charge in [0.2, 0.25) is 6.10 Å². The number of carbonyl (C=O) groups excluding carboxylic acids is 1. The minimum absolute atomic E-state index is 0.256. The lowest BCUT2D eigenvalue weighted by Gasteiger charge is -2.13. The molecule has 0 amide bonds. The van der Waals surface area contributed by atoms with Crippen molar-refractivity contribution >= 4 is 23.5 Å². The Kier molecular flexibility index (Phi) is 3.68. The summed E-state index contributed by atoms with van der Waals surface area (Å²) in [6.07, 6.45) is -1.35. The first-order valence-corrected chi connectivity index (χ1v) is 4.54. The third kappa shape index (κ3) is 2.95. The summed E-state index contributed by atoms with van der Waals surface area (Å²) in [4.78, 5) is 21.6. The highest BCUT2D eigenvalue weighted by Crippen LogP contribution is 2.25. The van der Waals surface area contributed by atoms with E-state index < -0.39 is 18.0 Å². The normalized spacial score (nSPS) is 11.9. The van der Waals surface area contributed by atoms with Gasteiger partial charge < -0.3 is 9.84 Å². The molecule has 0 bridgehead atoms. The number of carbonyl (C=O) groups is 2. The van der Waals surface area contributed by atoms with Crippen LogP contribution in [0.15, 0.2) is 24.3 Å². The van der Waals surface area contributed by atoms with Crippen molar-refractivity contribution in [3.05, 3.63) is 34.9 Å². The largest absolute Gasteiger partial charge is 0.478 e. The first-order chi connectivity index (χ1) is 7.02. The summed E-state index contributed by atoms with van der Waals surface area (Å²) >= 11 is 5.79. The topological polar surface area (TPSA) is 63.6 Å². The molecule has 0 fully saturated rings. The molecule has 4 nitrogen and oxygen atoms in total. The lowest BCUT2D eigenvalue weighted by Crippen LogP contribution is -2.18. The summed E-state index contributed by atoms with van der Waals surface area (Å²) in [5.41, 5.74) is 0.266. The van der Waals surface area contributed by atoms with Gasteiger partial charge in [-0.25, -0.2) is 4.79 Å². The van der Waals surface area contributed by atoms with E-state index in [9.17, 15) is 9.59 Å². The molecule has 0 aliphatic carbocycles. The zero-order valence-electron chi connectivity index (χ0n) is 7.94. The van der Waals surface area contributed by atoms with Crippen LogP contribution in [0.3, 0.4) is 0 Å². The van der Waals surface area contributed by atoms with Gasteiger partial charge in [-0.15, -0.1) is 0 Å². The van der Waals surface area contributed by atoms with Gasteiger partial charge in [0.1, 0.15) is 0 Å². The summed E-state index contributed by atoms with van der Waals surface area (Å²) in [5.74, 6) is -1.92. The van der Waals surface area contributed by atoms with E-state index in [-0.39, 0.29) is 10.6 Å². The Labute approximate surface area is 91.4 Å². The molecule has 0 unspecified atom stereocenters. The van der Waals surface area contributed by atoms with Crippen molar-refractivity contribution in [3.63, 3.8) is 0 Å². The molecule has 0 aliphatic rings. The summed E-state index contributed by atoms with van der Waals surface area (Å²) in [6.45, 7) is 1.15. The summed E-state index contributed by atoms with van der Waals surface area (Å²) in [5, 5.41) is 9.12. The quantitative estimate of drug-likeness (QED) is 0.804. The van der Waals surface area contributed by atoms with E-state index in [1.54, 1.807) is 12.1 Å². The maximum atomic E-state index is 10.9. The molecule has 1 aromatic rings. The molecule has 1 N–H and O–H groups in total. The maximum absolute atomic E-state index is 10.9. The van der Waals surface area contributed by atoms with Gasteiger partial charge in [0.15, 0.2) is 0 Å². The Morgan fingerprint density at radius 2 is 2.00 bits per heavy atom. The van der Waals surface area contributed by atoms with Crippen LogP contribution in [-0.4, -0.2) is 17.0 Å². The second kappa shape index (κ2) is 4.79. The van der Waals surface area contributed by atoms with Crippen LogP contribution in [0.25, 0.3) is 0 Å². The van der Waals surface area contributed by atoms with Crippen molar-refractivity contribution in [1.29, 1.82) is 0 Å². The van der Waals surface area contributed by atoms with E-state index in [4.69, 9.17) is 16.7 Å². The zero-order chi connectivity index (χ0) is 11.4. The lowest BCUT2D eigenvalue weighted by molar-refractivity contribution is -0.163. The average Bonchev–Trinajstić information content (AvgIpc) is 2.15. The molecule has 0 spiro atoms. The fourth-order valence-corrected chi connectivity index (χ4v) is 1.34. The van der Waals surface area contributed by atoms with Gasteiger partial charge in [-0.05, 0) is 6.07 Å². The van der Waals surface area contributed by atoms with E-state index in [1.165, 1.54) is 12.1 Å². The Hall–Kier alpha value is -1.55. The van der Waals surface area contributed by atoms with Crippen molar-refractivity contribution < 1.29 is 19.4 Å². The van der Waals surface area contributed by atoms with Gasteiger partial charge in [0, 0.05) is 17.5 Å². The number of esters is 1. The molecule has 0 saturated heterocycles. The summed E-state index contributed by atoms with van der Waals surface area (Å²) in [7, 11) is 0. The molecule has 0 aromatic heterocycles. The van der Waals surface area contributed by atoms with Gasteiger partial charge >= 0.3 is 11.9 Å². The first-order valence-electron chi connectivity index (χ1n) is 4.17. The Morgan fingerprint density at radius 1 is 1.40 bits per heavy atom. The van der Waals surface area contributed by atoms with E-state index in [0.717, 1.165) is 6.92 Å². The van der Waals surface area contributed by atoms with Crippen molar-refractivity contribution in [2.45, 2.75) is 13.0 Å². The lowest BCUT2D eigenvalue weighted by atomic mass is 10.1. The monoisotopic (exact) mass is 228 g/mol. The second-order valence-corrected chi connectivity index (χ2v) is 3.26. The molecule has 5 heteroatoms. The predicted molar refractivity (Wildman–Crippen MR) is 53.6 cm³/mol. The molecule has 1 rings (SSSR count). The van der Waals surface area contributed by atoms with Gasteiger partial charge in [-0.3, -0.25) is 4.79 Å². The SMILES string of the molecule is CC(=O)O[C@H](C(=O)O)c1ccccc1Cl.